The Kier molecular flexibility index (Phi) is 5.86. The summed E-state index contributed by atoms with van der Waals surface area (Å²) in [4.78, 5) is 23.0. The van der Waals surface area contributed by atoms with E-state index in [-0.39, 0.29) is 5.92 Å². The van der Waals surface area contributed by atoms with Crippen molar-refractivity contribution in [1.82, 2.24) is 0 Å². The molecule has 0 amide bonds. The van der Waals surface area contributed by atoms with Gasteiger partial charge in [0.25, 0.3) is 0 Å². The number of carbonyl (C=O) groups is 2. The Morgan fingerprint density at radius 1 is 1.03 bits per heavy atom. The van der Waals surface area contributed by atoms with Crippen molar-refractivity contribution in [3.8, 4) is 0 Å². The summed E-state index contributed by atoms with van der Waals surface area (Å²) in [7, 11) is 0. The quantitative estimate of drug-likeness (QED) is 0.462. The van der Waals surface area contributed by atoms with Crippen LogP contribution in [0.25, 0.3) is 0 Å². The Morgan fingerprint density at radius 3 is 2.59 bits per heavy atom. The highest BCUT2D eigenvalue weighted by Crippen LogP contribution is 2.67. The fraction of sp³-hybridized carbons (Fsp3) is 0.852. The van der Waals surface area contributed by atoms with Crippen molar-refractivity contribution in [2.24, 2.45) is 46.3 Å². The van der Waals surface area contributed by atoms with Gasteiger partial charge in [0, 0.05) is 12.3 Å². The van der Waals surface area contributed by atoms with Gasteiger partial charge in [0.1, 0.15) is 6.29 Å². The van der Waals surface area contributed by atoms with E-state index in [4.69, 9.17) is 0 Å². The molecule has 0 aromatic carbocycles. The average Bonchev–Trinajstić information content (AvgIpc) is 3.05. The summed E-state index contributed by atoms with van der Waals surface area (Å²) >= 11 is 0. The molecule has 4 aliphatic carbocycles. The van der Waals surface area contributed by atoms with Crippen molar-refractivity contribution in [1.29, 1.82) is 0 Å². The Hall–Kier alpha value is -0.920. The summed E-state index contributed by atoms with van der Waals surface area (Å²) < 4.78 is 0. The third-order valence-corrected chi connectivity index (χ3v) is 10.3. The number of carbonyl (C=O) groups excluding carboxylic acids is 2. The second-order valence-corrected chi connectivity index (χ2v) is 11.7. The molecule has 3 saturated carbocycles. The molecule has 8 atom stereocenters. The first-order valence-corrected chi connectivity index (χ1v) is 12.5. The maximum absolute atomic E-state index is 12.0. The average molecular weight is 399 g/mol. The van der Waals surface area contributed by atoms with Crippen LogP contribution in [0.5, 0.6) is 0 Å². The smallest absolute Gasteiger partial charge is 0.155 e. The SMILES string of the molecule is CC(C=O)CCCC(C)[C@H]1CCC2C3CCC4=CC(=O)CC[C@]4(C)C3CC[C@@]21C. The Balaban J connectivity index is 1.47. The van der Waals surface area contributed by atoms with Crippen LogP contribution in [0.15, 0.2) is 11.6 Å². The summed E-state index contributed by atoms with van der Waals surface area (Å²) in [6.45, 7) is 9.67. The number of hydrogen-bond acceptors (Lipinski definition) is 2. The minimum atomic E-state index is 0.220. The maximum Gasteiger partial charge on any atom is 0.155 e. The van der Waals surface area contributed by atoms with E-state index in [0.717, 1.165) is 55.1 Å². The number of rotatable bonds is 6. The van der Waals surface area contributed by atoms with Gasteiger partial charge in [0.2, 0.25) is 0 Å². The second-order valence-electron chi connectivity index (χ2n) is 11.7. The van der Waals surface area contributed by atoms with E-state index in [1.54, 1.807) is 0 Å². The summed E-state index contributed by atoms with van der Waals surface area (Å²) in [6.07, 6.45) is 16.6. The van der Waals surface area contributed by atoms with Gasteiger partial charge in [-0.05, 0) is 97.9 Å². The first kappa shape index (κ1) is 21.3. The molecule has 0 aliphatic heterocycles. The second kappa shape index (κ2) is 7.97. The van der Waals surface area contributed by atoms with Gasteiger partial charge < -0.3 is 4.79 Å². The van der Waals surface area contributed by atoms with E-state index < -0.39 is 0 Å². The molecule has 2 heteroatoms. The lowest BCUT2D eigenvalue weighted by Crippen LogP contribution is -2.50. The molecular formula is C27H42O2. The van der Waals surface area contributed by atoms with Crippen molar-refractivity contribution in [2.75, 3.05) is 0 Å². The number of ketones is 1. The minimum absolute atomic E-state index is 0.220. The van der Waals surface area contributed by atoms with E-state index in [9.17, 15) is 9.59 Å². The van der Waals surface area contributed by atoms with Gasteiger partial charge in [-0.3, -0.25) is 4.79 Å². The van der Waals surface area contributed by atoms with E-state index in [1.165, 1.54) is 56.9 Å². The normalized spacial score (nSPS) is 43.6. The molecule has 0 spiro atoms. The van der Waals surface area contributed by atoms with Crippen LogP contribution in [0.4, 0.5) is 0 Å². The van der Waals surface area contributed by atoms with Crippen LogP contribution in [-0.4, -0.2) is 12.1 Å². The van der Waals surface area contributed by atoms with Gasteiger partial charge in [-0.15, -0.1) is 0 Å². The van der Waals surface area contributed by atoms with Gasteiger partial charge in [0.05, 0.1) is 0 Å². The largest absolute Gasteiger partial charge is 0.303 e. The highest BCUT2D eigenvalue weighted by atomic mass is 16.1. The topological polar surface area (TPSA) is 34.1 Å². The van der Waals surface area contributed by atoms with Crippen LogP contribution in [0, 0.1) is 46.3 Å². The molecule has 0 radical (unpaired) electrons. The summed E-state index contributed by atoms with van der Waals surface area (Å²) in [5.74, 6) is 4.79. The Bertz CT molecular complexity index is 678. The molecule has 3 fully saturated rings. The van der Waals surface area contributed by atoms with Crippen LogP contribution in [0.3, 0.4) is 0 Å². The summed E-state index contributed by atoms with van der Waals surface area (Å²) in [6, 6.07) is 0. The van der Waals surface area contributed by atoms with Crippen molar-refractivity contribution >= 4 is 12.1 Å². The van der Waals surface area contributed by atoms with Crippen molar-refractivity contribution in [3.63, 3.8) is 0 Å². The summed E-state index contributed by atoms with van der Waals surface area (Å²) in [5.41, 5.74) is 2.30. The van der Waals surface area contributed by atoms with E-state index in [0.29, 0.717) is 16.6 Å². The van der Waals surface area contributed by atoms with Crippen molar-refractivity contribution in [3.05, 3.63) is 11.6 Å². The molecule has 0 saturated heterocycles. The van der Waals surface area contributed by atoms with E-state index in [1.807, 2.05) is 6.08 Å². The molecule has 0 aromatic heterocycles. The number of aldehydes is 1. The monoisotopic (exact) mass is 398 g/mol. The van der Waals surface area contributed by atoms with Crippen LogP contribution in [0.1, 0.15) is 98.3 Å². The Morgan fingerprint density at radius 2 is 1.83 bits per heavy atom. The Labute approximate surface area is 178 Å². The fourth-order valence-electron chi connectivity index (χ4n) is 8.57. The predicted molar refractivity (Wildman–Crippen MR) is 118 cm³/mol. The first-order chi connectivity index (χ1) is 13.8. The third kappa shape index (κ3) is 3.57. The molecule has 0 heterocycles. The molecule has 4 rings (SSSR count). The van der Waals surface area contributed by atoms with E-state index >= 15 is 0 Å². The lowest BCUT2D eigenvalue weighted by Gasteiger charge is -2.58. The van der Waals surface area contributed by atoms with Gasteiger partial charge in [-0.2, -0.15) is 0 Å². The highest BCUT2D eigenvalue weighted by Gasteiger charge is 2.59. The zero-order valence-electron chi connectivity index (χ0n) is 19.2. The van der Waals surface area contributed by atoms with Crippen LogP contribution in [0.2, 0.25) is 0 Å². The standard InChI is InChI=1S/C27H42O2/c1-18(17-28)6-5-7-19(2)23-10-11-24-22-9-8-20-16-21(29)12-14-26(20,3)25(22)13-15-27(23,24)4/h16-19,22-25H,5-15H2,1-4H3/t18?,19?,22?,23-,24?,25?,26+,27-/m1/s1. The molecule has 0 N–H and O–H groups in total. The number of fused-ring (bicyclic) bond motifs is 5. The molecule has 0 aromatic rings. The third-order valence-electron chi connectivity index (χ3n) is 10.3. The minimum Gasteiger partial charge on any atom is -0.303 e. The molecule has 29 heavy (non-hydrogen) atoms. The van der Waals surface area contributed by atoms with Crippen LogP contribution >= 0.6 is 0 Å². The molecule has 162 valence electrons. The number of allylic oxidation sites excluding steroid dienone is 1. The molecular weight excluding hydrogens is 356 g/mol. The first-order valence-electron chi connectivity index (χ1n) is 12.5. The highest BCUT2D eigenvalue weighted by molar-refractivity contribution is 5.91. The van der Waals surface area contributed by atoms with Crippen molar-refractivity contribution in [2.45, 2.75) is 98.3 Å². The molecule has 5 unspecified atom stereocenters. The number of hydrogen-bond donors (Lipinski definition) is 0. The maximum atomic E-state index is 12.0. The van der Waals surface area contributed by atoms with E-state index in [2.05, 4.69) is 27.7 Å². The zero-order chi connectivity index (χ0) is 20.8. The predicted octanol–water partition coefficient (Wildman–Crippen LogP) is 6.78. The van der Waals surface area contributed by atoms with Gasteiger partial charge >= 0.3 is 0 Å². The molecule has 0 bridgehead atoms. The van der Waals surface area contributed by atoms with Gasteiger partial charge in [-0.25, -0.2) is 0 Å². The molecule has 4 aliphatic rings. The van der Waals surface area contributed by atoms with Gasteiger partial charge in [0.15, 0.2) is 5.78 Å². The van der Waals surface area contributed by atoms with Crippen LogP contribution in [-0.2, 0) is 9.59 Å². The van der Waals surface area contributed by atoms with Crippen molar-refractivity contribution < 1.29 is 9.59 Å². The lowest BCUT2D eigenvalue weighted by molar-refractivity contribution is -0.117. The molecule has 2 nitrogen and oxygen atoms in total. The van der Waals surface area contributed by atoms with Crippen LogP contribution < -0.4 is 0 Å². The lowest BCUT2D eigenvalue weighted by atomic mass is 9.46. The van der Waals surface area contributed by atoms with Gasteiger partial charge in [-0.1, -0.05) is 46.1 Å². The fourth-order valence-corrected chi connectivity index (χ4v) is 8.57. The zero-order valence-corrected chi connectivity index (χ0v) is 19.2. The summed E-state index contributed by atoms with van der Waals surface area (Å²) in [5, 5.41) is 0.